The van der Waals surface area contributed by atoms with Gasteiger partial charge in [-0.15, -0.1) is 11.6 Å². The van der Waals surface area contributed by atoms with Crippen LogP contribution in [0, 0.1) is 5.41 Å². The minimum atomic E-state index is 0.353. The molecule has 0 aromatic heterocycles. The summed E-state index contributed by atoms with van der Waals surface area (Å²) in [5.74, 6) is 2.32. The van der Waals surface area contributed by atoms with Gasteiger partial charge in [0.2, 0.25) is 0 Å². The summed E-state index contributed by atoms with van der Waals surface area (Å²) in [6, 6.07) is 8.53. The van der Waals surface area contributed by atoms with Crippen molar-refractivity contribution in [3.8, 4) is 5.75 Å². The maximum absolute atomic E-state index is 5.79. The summed E-state index contributed by atoms with van der Waals surface area (Å²) < 4.78 is 5.23. The summed E-state index contributed by atoms with van der Waals surface area (Å²) in [5, 5.41) is 0. The molecule has 0 spiro atoms. The van der Waals surface area contributed by atoms with Gasteiger partial charge in [-0.1, -0.05) is 39.3 Å². The SMILES string of the molecule is COc1ccc([C@@H](CCCCCl)CC(C)(C)C)cc1. The Labute approximate surface area is 123 Å². The van der Waals surface area contributed by atoms with E-state index in [1.54, 1.807) is 7.11 Å². The molecule has 0 heterocycles. The van der Waals surface area contributed by atoms with Crippen LogP contribution in [0.15, 0.2) is 24.3 Å². The smallest absolute Gasteiger partial charge is 0.118 e. The van der Waals surface area contributed by atoms with E-state index in [0.29, 0.717) is 11.3 Å². The third kappa shape index (κ3) is 6.33. The van der Waals surface area contributed by atoms with E-state index in [1.807, 2.05) is 0 Å². The first-order chi connectivity index (χ1) is 8.96. The third-order valence-corrected chi connectivity index (χ3v) is 3.65. The number of rotatable bonds is 7. The lowest BCUT2D eigenvalue weighted by Crippen LogP contribution is -2.12. The van der Waals surface area contributed by atoms with E-state index in [-0.39, 0.29) is 0 Å². The van der Waals surface area contributed by atoms with Gasteiger partial charge in [-0.05, 0) is 48.3 Å². The van der Waals surface area contributed by atoms with Gasteiger partial charge in [0.25, 0.3) is 0 Å². The number of hydrogen-bond acceptors (Lipinski definition) is 1. The van der Waals surface area contributed by atoms with Crippen molar-refractivity contribution in [3.05, 3.63) is 29.8 Å². The van der Waals surface area contributed by atoms with Crippen LogP contribution >= 0.6 is 11.6 Å². The van der Waals surface area contributed by atoms with Crippen LogP contribution in [-0.4, -0.2) is 13.0 Å². The van der Waals surface area contributed by atoms with E-state index in [1.165, 1.54) is 24.8 Å². The van der Waals surface area contributed by atoms with Crippen LogP contribution in [0.25, 0.3) is 0 Å². The van der Waals surface area contributed by atoms with Gasteiger partial charge in [0.05, 0.1) is 7.11 Å². The molecule has 0 radical (unpaired) electrons. The number of alkyl halides is 1. The molecule has 0 saturated heterocycles. The third-order valence-electron chi connectivity index (χ3n) is 3.38. The summed E-state index contributed by atoms with van der Waals surface area (Å²) in [5.41, 5.74) is 1.77. The number of ether oxygens (including phenoxy) is 1. The Hall–Kier alpha value is -0.690. The fraction of sp³-hybridized carbons (Fsp3) is 0.647. The molecule has 1 aromatic carbocycles. The van der Waals surface area contributed by atoms with E-state index < -0.39 is 0 Å². The van der Waals surface area contributed by atoms with Crippen molar-refractivity contribution >= 4 is 11.6 Å². The molecule has 108 valence electrons. The molecule has 0 aliphatic rings. The van der Waals surface area contributed by atoms with Crippen LogP contribution in [0.1, 0.15) is 57.9 Å². The highest BCUT2D eigenvalue weighted by molar-refractivity contribution is 6.17. The van der Waals surface area contributed by atoms with Gasteiger partial charge in [-0.3, -0.25) is 0 Å². The largest absolute Gasteiger partial charge is 0.497 e. The fourth-order valence-electron chi connectivity index (χ4n) is 2.49. The van der Waals surface area contributed by atoms with E-state index in [0.717, 1.165) is 18.1 Å². The molecule has 1 atom stereocenters. The zero-order valence-electron chi connectivity index (χ0n) is 12.7. The first-order valence-electron chi connectivity index (χ1n) is 7.16. The predicted octanol–water partition coefficient (Wildman–Crippen LogP) is 5.62. The second-order valence-corrected chi connectivity index (χ2v) is 6.80. The standard InChI is InChI=1S/C17H27ClO/c1-17(2,3)13-15(7-5-6-12-18)14-8-10-16(19-4)11-9-14/h8-11,15H,5-7,12-13H2,1-4H3/t15-/m0/s1. The van der Waals surface area contributed by atoms with Crippen LogP contribution in [0.3, 0.4) is 0 Å². The number of benzene rings is 1. The molecular formula is C17H27ClO. The summed E-state index contributed by atoms with van der Waals surface area (Å²) in [6.45, 7) is 6.93. The molecule has 1 rings (SSSR count). The number of halogens is 1. The number of methoxy groups -OCH3 is 1. The van der Waals surface area contributed by atoms with Crippen LogP contribution < -0.4 is 4.74 Å². The molecule has 2 heteroatoms. The Bertz CT molecular complexity index is 351. The minimum absolute atomic E-state index is 0.353. The normalized spacial score (nSPS) is 13.3. The molecule has 19 heavy (non-hydrogen) atoms. The quantitative estimate of drug-likeness (QED) is 0.465. The highest BCUT2D eigenvalue weighted by Gasteiger charge is 2.20. The number of hydrogen-bond donors (Lipinski definition) is 0. The maximum atomic E-state index is 5.79. The maximum Gasteiger partial charge on any atom is 0.118 e. The van der Waals surface area contributed by atoms with E-state index in [9.17, 15) is 0 Å². The summed E-state index contributed by atoms with van der Waals surface area (Å²) in [6.07, 6.45) is 4.74. The molecule has 0 aliphatic heterocycles. The van der Waals surface area contributed by atoms with Gasteiger partial charge in [0, 0.05) is 5.88 Å². The van der Waals surface area contributed by atoms with Crippen molar-refractivity contribution in [2.75, 3.05) is 13.0 Å². The fourth-order valence-corrected chi connectivity index (χ4v) is 2.68. The van der Waals surface area contributed by atoms with Crippen molar-refractivity contribution in [3.63, 3.8) is 0 Å². The monoisotopic (exact) mass is 282 g/mol. The zero-order chi connectivity index (χ0) is 14.3. The van der Waals surface area contributed by atoms with Crippen LogP contribution in [-0.2, 0) is 0 Å². The lowest BCUT2D eigenvalue weighted by atomic mass is 9.79. The highest BCUT2D eigenvalue weighted by Crippen LogP contribution is 2.35. The first-order valence-corrected chi connectivity index (χ1v) is 7.69. The van der Waals surface area contributed by atoms with Crippen molar-refractivity contribution in [2.24, 2.45) is 5.41 Å². The summed E-state index contributed by atoms with van der Waals surface area (Å²) in [4.78, 5) is 0. The molecular weight excluding hydrogens is 256 g/mol. The summed E-state index contributed by atoms with van der Waals surface area (Å²) in [7, 11) is 1.71. The summed E-state index contributed by atoms with van der Waals surface area (Å²) >= 11 is 5.79. The van der Waals surface area contributed by atoms with Crippen LogP contribution in [0.4, 0.5) is 0 Å². The van der Waals surface area contributed by atoms with Crippen LogP contribution in [0.2, 0.25) is 0 Å². The Kier molecular flexibility index (Phi) is 6.71. The molecule has 0 saturated carbocycles. The molecule has 1 aromatic rings. The van der Waals surface area contributed by atoms with E-state index in [2.05, 4.69) is 45.0 Å². The minimum Gasteiger partial charge on any atom is -0.497 e. The predicted molar refractivity (Wildman–Crippen MR) is 84.4 cm³/mol. The lowest BCUT2D eigenvalue weighted by molar-refractivity contribution is 0.327. The van der Waals surface area contributed by atoms with Gasteiger partial charge >= 0.3 is 0 Å². The van der Waals surface area contributed by atoms with Crippen molar-refractivity contribution in [1.29, 1.82) is 0 Å². The van der Waals surface area contributed by atoms with Gasteiger partial charge in [0.15, 0.2) is 0 Å². The van der Waals surface area contributed by atoms with E-state index >= 15 is 0 Å². The molecule has 0 N–H and O–H groups in total. The van der Waals surface area contributed by atoms with Crippen molar-refractivity contribution < 1.29 is 4.74 Å². The molecule has 0 amide bonds. The van der Waals surface area contributed by atoms with Gasteiger partial charge in [0.1, 0.15) is 5.75 Å². The van der Waals surface area contributed by atoms with Crippen LogP contribution in [0.5, 0.6) is 5.75 Å². The topological polar surface area (TPSA) is 9.23 Å². The lowest BCUT2D eigenvalue weighted by Gasteiger charge is -2.26. The second-order valence-electron chi connectivity index (χ2n) is 6.42. The molecule has 0 fully saturated rings. The van der Waals surface area contributed by atoms with Gasteiger partial charge < -0.3 is 4.74 Å². The van der Waals surface area contributed by atoms with Gasteiger partial charge in [-0.2, -0.15) is 0 Å². The molecule has 0 unspecified atom stereocenters. The average Bonchev–Trinajstić information content (AvgIpc) is 2.36. The molecule has 0 bridgehead atoms. The average molecular weight is 283 g/mol. The Morgan fingerprint density at radius 3 is 2.21 bits per heavy atom. The number of unbranched alkanes of at least 4 members (excludes halogenated alkanes) is 1. The second kappa shape index (κ2) is 7.79. The van der Waals surface area contributed by atoms with E-state index in [4.69, 9.17) is 16.3 Å². The Morgan fingerprint density at radius 2 is 1.74 bits per heavy atom. The molecule has 0 aliphatic carbocycles. The first kappa shape index (κ1) is 16.4. The van der Waals surface area contributed by atoms with Crippen molar-refractivity contribution in [2.45, 2.75) is 52.4 Å². The Balaban J connectivity index is 2.75. The van der Waals surface area contributed by atoms with Gasteiger partial charge in [-0.25, -0.2) is 0 Å². The van der Waals surface area contributed by atoms with Crippen molar-refractivity contribution in [1.82, 2.24) is 0 Å². The molecule has 1 nitrogen and oxygen atoms in total. The highest BCUT2D eigenvalue weighted by atomic mass is 35.5. The zero-order valence-corrected chi connectivity index (χ0v) is 13.5. The Morgan fingerprint density at radius 1 is 1.11 bits per heavy atom.